The van der Waals surface area contributed by atoms with Crippen molar-refractivity contribution in [2.75, 3.05) is 0 Å². The van der Waals surface area contributed by atoms with E-state index >= 15 is 0 Å². The fraction of sp³-hybridized carbons (Fsp3) is 0.692. The highest BCUT2D eigenvalue weighted by molar-refractivity contribution is 6.00. The number of hydrogen-bond donors (Lipinski definition) is 0. The van der Waals surface area contributed by atoms with Gasteiger partial charge in [0.05, 0.1) is 11.3 Å². The van der Waals surface area contributed by atoms with E-state index in [4.69, 9.17) is 9.47 Å². The Bertz CT molecular complexity index is 975. The van der Waals surface area contributed by atoms with Gasteiger partial charge in [0, 0.05) is 17.8 Å². The fourth-order valence-corrected chi connectivity index (χ4v) is 7.82. The van der Waals surface area contributed by atoms with Gasteiger partial charge in [0.25, 0.3) is 0 Å². The van der Waals surface area contributed by atoms with Gasteiger partial charge in [-0.15, -0.1) is 0 Å². The summed E-state index contributed by atoms with van der Waals surface area (Å²) in [7, 11) is 0. The molecule has 8 atom stereocenters. The number of ether oxygens (including phenoxy) is 2. The van der Waals surface area contributed by atoms with E-state index in [9.17, 15) is 19.2 Å². The summed E-state index contributed by atoms with van der Waals surface area (Å²) in [4.78, 5) is 51.8. The Morgan fingerprint density at radius 2 is 1.75 bits per heavy atom. The van der Waals surface area contributed by atoms with Crippen LogP contribution in [0.25, 0.3) is 0 Å². The Balaban J connectivity index is 1.97. The first-order valence-electron chi connectivity index (χ1n) is 11.5. The number of hydrogen-bond acceptors (Lipinski definition) is 6. The van der Waals surface area contributed by atoms with Crippen LogP contribution in [0.3, 0.4) is 0 Å². The Hall–Kier alpha value is -2.24. The number of Topliss-reactive ketones (excluding diaryl/α,β-unsaturated/α-hetero) is 1. The third kappa shape index (κ3) is 2.58. The molecule has 3 fully saturated rings. The van der Waals surface area contributed by atoms with Crippen molar-refractivity contribution in [1.82, 2.24) is 0 Å². The average Bonchev–Trinajstić information content (AvgIpc) is 2.67. The zero-order valence-electron chi connectivity index (χ0n) is 20.1. The maximum atomic E-state index is 13.4. The number of esters is 2. The molecule has 0 aromatic heterocycles. The summed E-state index contributed by atoms with van der Waals surface area (Å²) in [5, 5.41) is 0. The molecule has 32 heavy (non-hydrogen) atoms. The molecule has 0 spiro atoms. The molecule has 1 heterocycles. The second kappa shape index (κ2) is 6.64. The first-order valence-corrected chi connectivity index (χ1v) is 11.5. The molecule has 6 nitrogen and oxygen atoms in total. The van der Waals surface area contributed by atoms with Crippen LogP contribution >= 0.6 is 0 Å². The van der Waals surface area contributed by atoms with Crippen LogP contribution < -0.4 is 0 Å². The zero-order chi connectivity index (χ0) is 24.0. The molecular weight excluding hydrogens is 408 g/mol. The van der Waals surface area contributed by atoms with Gasteiger partial charge in [-0.1, -0.05) is 45.9 Å². The number of cyclic esters (lactones) is 1. The Morgan fingerprint density at radius 1 is 1.12 bits per heavy atom. The van der Waals surface area contributed by atoms with Crippen molar-refractivity contribution >= 4 is 23.5 Å². The van der Waals surface area contributed by atoms with Gasteiger partial charge < -0.3 is 9.47 Å². The van der Waals surface area contributed by atoms with Crippen molar-refractivity contribution in [1.29, 1.82) is 0 Å². The largest absolute Gasteiger partial charge is 0.462 e. The molecule has 0 aromatic carbocycles. The number of ketones is 2. The maximum Gasteiger partial charge on any atom is 0.311 e. The predicted octanol–water partition coefficient (Wildman–Crippen LogP) is 3.83. The van der Waals surface area contributed by atoms with Crippen molar-refractivity contribution in [3.8, 4) is 0 Å². The smallest absolute Gasteiger partial charge is 0.311 e. The SMILES string of the molecule is C=C1C[C@H]2[C@@]3(C)C=CC(=O)C(C)(C)[C@H]3C[C@@H](OC(C)=O)[C@@]2(C)[C@@H]2C(=O)O[C@@H](C)C(=O)[C@@]12C. The first kappa shape index (κ1) is 22.9. The molecule has 1 aliphatic heterocycles. The van der Waals surface area contributed by atoms with E-state index in [2.05, 4.69) is 13.5 Å². The molecule has 174 valence electrons. The third-order valence-corrected chi connectivity index (χ3v) is 9.60. The highest BCUT2D eigenvalue weighted by Gasteiger charge is 2.73. The lowest BCUT2D eigenvalue weighted by Crippen LogP contribution is -2.71. The van der Waals surface area contributed by atoms with Crippen LogP contribution in [0.5, 0.6) is 0 Å². The lowest BCUT2D eigenvalue weighted by atomic mass is 9.36. The third-order valence-electron chi connectivity index (χ3n) is 9.60. The highest BCUT2D eigenvalue weighted by Crippen LogP contribution is 2.71. The molecule has 4 aliphatic rings. The molecule has 0 unspecified atom stereocenters. The van der Waals surface area contributed by atoms with Crippen molar-refractivity contribution in [2.45, 2.75) is 73.5 Å². The summed E-state index contributed by atoms with van der Waals surface area (Å²) in [6, 6.07) is 0. The normalized spacial score (nSPS) is 47.2. The fourth-order valence-electron chi connectivity index (χ4n) is 7.82. The second-order valence-electron chi connectivity index (χ2n) is 11.5. The van der Waals surface area contributed by atoms with Crippen LogP contribution in [0.15, 0.2) is 24.3 Å². The van der Waals surface area contributed by atoms with E-state index in [1.165, 1.54) is 6.92 Å². The summed E-state index contributed by atoms with van der Waals surface area (Å²) in [6.45, 7) is 17.0. The molecule has 0 N–H and O–H groups in total. The molecule has 0 amide bonds. The number of carbonyl (C=O) groups is 4. The van der Waals surface area contributed by atoms with Gasteiger partial charge in [-0.3, -0.25) is 19.2 Å². The van der Waals surface area contributed by atoms with Gasteiger partial charge in [-0.25, -0.2) is 0 Å². The van der Waals surface area contributed by atoms with Gasteiger partial charge in [-0.05, 0) is 50.0 Å². The molecule has 3 aliphatic carbocycles. The summed E-state index contributed by atoms with van der Waals surface area (Å²) in [5.74, 6) is -2.07. The van der Waals surface area contributed by atoms with Crippen LogP contribution in [0.1, 0.15) is 61.3 Å². The molecule has 0 aromatic rings. The van der Waals surface area contributed by atoms with Crippen LogP contribution in [-0.2, 0) is 28.7 Å². The van der Waals surface area contributed by atoms with Crippen molar-refractivity contribution in [3.63, 3.8) is 0 Å². The van der Waals surface area contributed by atoms with E-state index in [0.717, 1.165) is 0 Å². The Labute approximate surface area is 189 Å². The van der Waals surface area contributed by atoms with Crippen molar-refractivity contribution in [2.24, 2.45) is 39.4 Å². The minimum atomic E-state index is -1.09. The van der Waals surface area contributed by atoms with Crippen molar-refractivity contribution in [3.05, 3.63) is 24.3 Å². The quantitative estimate of drug-likeness (QED) is 0.453. The van der Waals surface area contributed by atoms with E-state index in [1.54, 1.807) is 19.9 Å². The molecule has 0 bridgehead atoms. The second-order valence-corrected chi connectivity index (χ2v) is 11.5. The highest BCUT2D eigenvalue weighted by atomic mass is 16.6. The summed E-state index contributed by atoms with van der Waals surface area (Å²) in [5.41, 5.74) is -2.33. The van der Waals surface area contributed by atoms with Crippen LogP contribution in [0.2, 0.25) is 0 Å². The lowest BCUT2D eigenvalue weighted by molar-refractivity contribution is -0.232. The first-order chi connectivity index (χ1) is 14.6. The topological polar surface area (TPSA) is 86.7 Å². The van der Waals surface area contributed by atoms with Gasteiger partial charge in [0.1, 0.15) is 6.10 Å². The standard InChI is InChI=1S/C26H34O6/c1-13-11-17-24(6)10-9-18(28)23(4,5)16(24)12-19(32-15(3)27)26(17,8)20-22(30)31-14(2)21(29)25(13,20)7/h9-10,14,16-17,19-20H,1,11-12H2,2-8H3/t14-,16+,17-,19+,20+,24-,25-,26-/m0/s1. The average molecular weight is 443 g/mol. The van der Waals surface area contributed by atoms with E-state index in [1.807, 2.05) is 26.8 Å². The van der Waals surface area contributed by atoms with Crippen LogP contribution in [-0.4, -0.2) is 35.7 Å². The predicted molar refractivity (Wildman–Crippen MR) is 117 cm³/mol. The molecule has 2 saturated carbocycles. The molecular formula is C26H34O6. The summed E-state index contributed by atoms with van der Waals surface area (Å²) >= 11 is 0. The Kier molecular flexibility index (Phi) is 4.76. The summed E-state index contributed by atoms with van der Waals surface area (Å²) < 4.78 is 11.4. The maximum absolute atomic E-state index is 13.4. The number of fused-ring (bicyclic) bond motifs is 5. The van der Waals surface area contributed by atoms with E-state index in [0.29, 0.717) is 18.4 Å². The minimum absolute atomic E-state index is 0.0470. The Morgan fingerprint density at radius 3 is 2.34 bits per heavy atom. The molecule has 1 saturated heterocycles. The van der Waals surface area contributed by atoms with Gasteiger partial charge >= 0.3 is 11.9 Å². The minimum Gasteiger partial charge on any atom is -0.462 e. The van der Waals surface area contributed by atoms with Gasteiger partial charge in [-0.2, -0.15) is 0 Å². The van der Waals surface area contributed by atoms with Crippen LogP contribution in [0.4, 0.5) is 0 Å². The number of allylic oxidation sites excluding steroid dienone is 3. The van der Waals surface area contributed by atoms with E-state index < -0.39 is 51.7 Å². The number of rotatable bonds is 1. The molecule has 4 rings (SSSR count). The zero-order valence-corrected chi connectivity index (χ0v) is 20.1. The summed E-state index contributed by atoms with van der Waals surface area (Å²) in [6.07, 6.45) is 3.11. The monoisotopic (exact) mass is 442 g/mol. The lowest BCUT2D eigenvalue weighted by Gasteiger charge is -2.68. The van der Waals surface area contributed by atoms with Crippen molar-refractivity contribution < 1.29 is 28.7 Å². The molecule has 0 radical (unpaired) electrons. The van der Waals surface area contributed by atoms with Crippen LogP contribution in [0, 0.1) is 39.4 Å². The van der Waals surface area contributed by atoms with E-state index in [-0.39, 0.29) is 23.4 Å². The molecule has 6 heteroatoms. The van der Waals surface area contributed by atoms with Gasteiger partial charge in [0.2, 0.25) is 0 Å². The number of carbonyl (C=O) groups excluding carboxylic acids is 4. The van der Waals surface area contributed by atoms with Gasteiger partial charge in [0.15, 0.2) is 17.7 Å².